The second kappa shape index (κ2) is 11.2. The lowest BCUT2D eigenvalue weighted by molar-refractivity contribution is -0.0641. The number of hydrogen-bond donors (Lipinski definition) is 6. The highest BCUT2D eigenvalue weighted by Crippen LogP contribution is 2.52. The molecule has 0 aliphatic carbocycles. The fraction of sp³-hybridized carbons (Fsp3) is 0.524. The highest BCUT2D eigenvalue weighted by molar-refractivity contribution is 7.52. The number of aromatic nitrogens is 8. The molecular weight excluding hydrogens is 646 g/mol. The van der Waals surface area contributed by atoms with Gasteiger partial charge < -0.3 is 45.7 Å². The van der Waals surface area contributed by atoms with Crippen LogP contribution in [0.5, 0.6) is 0 Å². The summed E-state index contributed by atoms with van der Waals surface area (Å²) in [6.45, 7) is -1.26. The minimum Gasteiger partial charge on any atom is -0.387 e. The molecule has 0 spiro atoms. The molecule has 3 aliphatic rings. The van der Waals surface area contributed by atoms with Crippen molar-refractivity contribution in [3.63, 3.8) is 0 Å². The zero-order chi connectivity index (χ0) is 31.7. The van der Waals surface area contributed by atoms with E-state index in [1.54, 1.807) is 0 Å². The predicted molar refractivity (Wildman–Crippen MR) is 145 cm³/mol. The summed E-state index contributed by atoms with van der Waals surface area (Å²) in [5, 5.41) is 22.2. The number of anilines is 2. The van der Waals surface area contributed by atoms with Crippen LogP contribution >= 0.6 is 15.4 Å². The van der Waals surface area contributed by atoms with Crippen LogP contribution in [0.2, 0.25) is 0 Å². The maximum atomic E-state index is 13.2. The number of nitrogens with zero attached hydrogens (tertiary/aromatic N) is 8. The summed E-state index contributed by atoms with van der Waals surface area (Å²) >= 11 is 0. The topological polar surface area (TPSA) is 310 Å². The molecule has 24 heteroatoms. The van der Waals surface area contributed by atoms with Gasteiger partial charge in [-0.25, -0.2) is 34.5 Å². The van der Waals surface area contributed by atoms with E-state index in [0.29, 0.717) is 0 Å². The van der Waals surface area contributed by atoms with E-state index in [-0.39, 0.29) is 34.0 Å². The third-order valence-electron chi connectivity index (χ3n) is 7.43. The van der Waals surface area contributed by atoms with E-state index in [1.165, 1.54) is 21.8 Å². The first-order valence-corrected chi connectivity index (χ1v) is 16.4. The van der Waals surface area contributed by atoms with Crippen molar-refractivity contribution in [1.29, 1.82) is 0 Å². The molecule has 0 aromatic carbocycles. The van der Waals surface area contributed by atoms with Crippen LogP contribution in [0.1, 0.15) is 12.5 Å². The van der Waals surface area contributed by atoms with E-state index in [9.17, 15) is 29.1 Å². The molecule has 0 amide bonds. The van der Waals surface area contributed by atoms with Gasteiger partial charge in [-0.15, -0.1) is 0 Å². The lowest BCUT2D eigenvalue weighted by Crippen LogP contribution is -2.36. The Morgan fingerprint density at radius 1 is 0.756 bits per heavy atom. The molecule has 4 aromatic heterocycles. The molecule has 8 N–H and O–H groups in total. The molecule has 22 nitrogen and oxygen atoms in total. The lowest BCUT2D eigenvalue weighted by atomic mass is 10.1. The van der Waals surface area contributed by atoms with Gasteiger partial charge in [-0.2, -0.15) is 0 Å². The Kier molecular flexibility index (Phi) is 7.59. The molecule has 7 rings (SSSR count). The van der Waals surface area contributed by atoms with Crippen molar-refractivity contribution in [2.75, 3.05) is 31.0 Å². The van der Waals surface area contributed by atoms with E-state index in [4.69, 9.17) is 39.2 Å². The molecule has 0 radical (unpaired) electrons. The zero-order valence-electron chi connectivity index (χ0n) is 22.7. The largest absolute Gasteiger partial charge is 0.472 e. The second-order valence-electron chi connectivity index (χ2n) is 10.3. The summed E-state index contributed by atoms with van der Waals surface area (Å²) in [6, 6.07) is 0. The minimum absolute atomic E-state index is 0.0423. The number of nitrogens with two attached hydrogens (primary N) is 2. The SMILES string of the molecule is Nc1ncnc2c1ncn2[C@@H]1O[C@@H]2COCP(=O)(O)O[C@H]3C(O)[C@@H](COP(=O)(O)O[C@@H]1C2O)O[C@H]3n1cnc2c(N)ncnc21. The Hall–Kier alpha value is -3.24. The molecule has 10 atom stereocenters. The van der Waals surface area contributed by atoms with Gasteiger partial charge in [-0.1, -0.05) is 0 Å². The van der Waals surface area contributed by atoms with Crippen LogP contribution < -0.4 is 11.5 Å². The van der Waals surface area contributed by atoms with Gasteiger partial charge in [0.05, 0.1) is 25.9 Å². The Balaban J connectivity index is 1.21. The number of rotatable bonds is 2. The second-order valence-corrected chi connectivity index (χ2v) is 13.5. The van der Waals surface area contributed by atoms with E-state index >= 15 is 0 Å². The predicted octanol–water partition coefficient (Wildman–Crippen LogP) is -1.59. The van der Waals surface area contributed by atoms with Crippen LogP contribution in [-0.2, 0) is 36.9 Å². The number of phosphoric ester groups is 1. The van der Waals surface area contributed by atoms with Gasteiger partial charge in [0.1, 0.15) is 66.7 Å². The Morgan fingerprint density at radius 3 is 1.82 bits per heavy atom. The highest BCUT2D eigenvalue weighted by Gasteiger charge is 2.53. The van der Waals surface area contributed by atoms with Gasteiger partial charge in [0.2, 0.25) is 0 Å². The van der Waals surface area contributed by atoms with Crippen LogP contribution in [0, 0.1) is 0 Å². The normalized spacial score (nSPS) is 38.0. The average molecular weight is 672 g/mol. The number of fused-ring (bicyclic) bond motifs is 6. The van der Waals surface area contributed by atoms with Gasteiger partial charge in [-0.05, 0) is 0 Å². The fourth-order valence-electron chi connectivity index (χ4n) is 5.36. The third-order valence-corrected chi connectivity index (χ3v) is 9.49. The quantitative estimate of drug-likeness (QED) is 0.131. The number of phosphoric acid groups is 1. The smallest absolute Gasteiger partial charge is 0.387 e. The van der Waals surface area contributed by atoms with Crippen molar-refractivity contribution in [1.82, 2.24) is 39.0 Å². The van der Waals surface area contributed by atoms with Crippen LogP contribution in [0.25, 0.3) is 22.3 Å². The maximum Gasteiger partial charge on any atom is 0.472 e. The number of imidazole rings is 2. The van der Waals surface area contributed by atoms with Crippen molar-refractivity contribution >= 4 is 49.4 Å². The molecule has 7 heterocycles. The molecule has 45 heavy (non-hydrogen) atoms. The van der Waals surface area contributed by atoms with Crippen molar-refractivity contribution in [3.05, 3.63) is 25.3 Å². The fourth-order valence-corrected chi connectivity index (χ4v) is 7.29. The number of ether oxygens (including phenoxy) is 3. The lowest BCUT2D eigenvalue weighted by Gasteiger charge is -2.25. The van der Waals surface area contributed by atoms with Crippen molar-refractivity contribution in [2.45, 2.75) is 49.1 Å². The first-order valence-electron chi connectivity index (χ1n) is 13.2. The maximum absolute atomic E-state index is 13.2. The molecule has 3 saturated heterocycles. The zero-order valence-corrected chi connectivity index (χ0v) is 24.5. The van der Waals surface area contributed by atoms with E-state index in [1.807, 2.05) is 0 Å². The molecule has 4 unspecified atom stereocenters. The van der Waals surface area contributed by atoms with E-state index in [0.717, 1.165) is 12.7 Å². The van der Waals surface area contributed by atoms with Crippen LogP contribution in [0.15, 0.2) is 25.3 Å². The average Bonchev–Trinajstić information content (AvgIpc) is 3.74. The Morgan fingerprint density at radius 2 is 1.27 bits per heavy atom. The Labute approximate surface area is 251 Å². The molecule has 3 aliphatic heterocycles. The van der Waals surface area contributed by atoms with Gasteiger partial charge in [0.25, 0.3) is 0 Å². The summed E-state index contributed by atoms with van der Waals surface area (Å²) < 4.78 is 62.2. The number of hydrogen-bond acceptors (Lipinski definition) is 18. The monoisotopic (exact) mass is 672 g/mol. The molecule has 4 bridgehead atoms. The highest BCUT2D eigenvalue weighted by atomic mass is 31.2. The van der Waals surface area contributed by atoms with Crippen molar-refractivity contribution in [3.8, 4) is 0 Å². The van der Waals surface area contributed by atoms with Crippen LogP contribution in [0.3, 0.4) is 0 Å². The third kappa shape index (κ3) is 5.47. The first-order chi connectivity index (χ1) is 21.4. The van der Waals surface area contributed by atoms with Gasteiger partial charge >= 0.3 is 15.4 Å². The summed E-state index contributed by atoms with van der Waals surface area (Å²) in [5.41, 5.74) is 12.4. The standard InChI is InChI=1S/C21H26N10O12P2/c22-16-10-18(26-3-24-16)30(5-28-10)20-14-13(33)9(41-20)2-39-45(36,37)43-15-12(32)8(1-38-7-44(34,35)42-14)40-21(15)31-6-29-11-17(23)25-4-27-19(11)31/h3-6,8-9,12-15,20-21,32-33H,1-2,7H2,(H,34,35)(H,36,37)(H2,22,24,26)(H2,23,25,27)/t8-,9-,12?,13?,14+,15-,20-,21-/m1/s1. The van der Waals surface area contributed by atoms with Gasteiger partial charge in [0, 0.05) is 0 Å². The van der Waals surface area contributed by atoms with Crippen LogP contribution in [-0.4, -0.2) is 115 Å². The Bertz CT molecular complexity index is 1840. The molecule has 242 valence electrons. The number of aliphatic hydroxyl groups is 2. The van der Waals surface area contributed by atoms with Gasteiger partial charge in [0.15, 0.2) is 35.4 Å². The number of aliphatic hydroxyl groups excluding tert-OH is 2. The minimum atomic E-state index is -5.04. The molecular formula is C21H26N10O12P2. The first kappa shape index (κ1) is 30.4. The summed E-state index contributed by atoms with van der Waals surface area (Å²) in [6.07, 6.45) is -7.83. The summed E-state index contributed by atoms with van der Waals surface area (Å²) in [7, 11) is -9.69. The molecule has 4 aromatic rings. The van der Waals surface area contributed by atoms with E-state index in [2.05, 4.69) is 29.9 Å². The van der Waals surface area contributed by atoms with Crippen molar-refractivity contribution in [2.24, 2.45) is 0 Å². The summed E-state index contributed by atoms with van der Waals surface area (Å²) in [5.74, 6) is 0.0888. The van der Waals surface area contributed by atoms with E-state index < -0.39 is 84.1 Å². The van der Waals surface area contributed by atoms with Gasteiger partial charge in [-0.3, -0.25) is 27.3 Å². The van der Waals surface area contributed by atoms with Crippen LogP contribution in [0.4, 0.5) is 11.6 Å². The molecule has 3 fully saturated rings. The summed E-state index contributed by atoms with van der Waals surface area (Å²) in [4.78, 5) is 45.7. The van der Waals surface area contributed by atoms with Crippen molar-refractivity contribution < 1.29 is 56.9 Å². The number of nitrogen functional groups attached to an aromatic ring is 2. The molecule has 0 saturated carbocycles.